The summed E-state index contributed by atoms with van der Waals surface area (Å²) in [5.74, 6) is 1.23. The molecule has 0 radical (unpaired) electrons. The molecule has 2 aromatic carbocycles. The van der Waals surface area contributed by atoms with Crippen LogP contribution in [0.5, 0.6) is 5.75 Å². The first-order valence-corrected chi connectivity index (χ1v) is 10.3. The predicted molar refractivity (Wildman–Crippen MR) is 113 cm³/mol. The zero-order valence-electron chi connectivity index (χ0n) is 16.0. The van der Waals surface area contributed by atoms with Gasteiger partial charge in [0.1, 0.15) is 5.75 Å². The van der Waals surface area contributed by atoms with Crippen LogP contribution in [0, 0.1) is 0 Å². The highest BCUT2D eigenvalue weighted by Gasteiger charge is 2.11. The van der Waals surface area contributed by atoms with E-state index in [-0.39, 0.29) is 11.5 Å². The number of hydrogen-bond acceptors (Lipinski definition) is 5. The third-order valence-electron chi connectivity index (χ3n) is 4.15. The summed E-state index contributed by atoms with van der Waals surface area (Å²) in [7, 11) is 0. The summed E-state index contributed by atoms with van der Waals surface area (Å²) in [6, 6.07) is 14.6. The third kappa shape index (κ3) is 4.72. The Hall–Kier alpha value is -2.80. The molecule has 3 aromatic rings. The van der Waals surface area contributed by atoms with Crippen molar-refractivity contribution in [1.82, 2.24) is 9.55 Å². The maximum absolute atomic E-state index is 12.6. The van der Waals surface area contributed by atoms with Crippen molar-refractivity contribution in [2.24, 2.45) is 0 Å². The first-order valence-electron chi connectivity index (χ1n) is 9.27. The standard InChI is InChI=1S/C21H23N3O3S/c1-3-24-20(26)17-7-5-6-8-18(17)23-21(24)28-14-13-19(25)22-15-9-11-16(12-10-15)27-4-2/h5-12H,3-4,13-14H2,1-2H3,(H,22,25). The fraction of sp³-hybridized carbons (Fsp3) is 0.286. The molecule has 1 N–H and O–H groups in total. The molecule has 0 spiro atoms. The Bertz CT molecular complexity index is 1020. The van der Waals surface area contributed by atoms with Gasteiger partial charge < -0.3 is 10.1 Å². The maximum atomic E-state index is 12.6. The molecule has 146 valence electrons. The molecule has 0 atom stereocenters. The summed E-state index contributed by atoms with van der Waals surface area (Å²) in [6.45, 7) is 4.99. The average Bonchev–Trinajstić information content (AvgIpc) is 2.70. The van der Waals surface area contributed by atoms with Gasteiger partial charge in [0.15, 0.2) is 5.16 Å². The molecule has 28 heavy (non-hydrogen) atoms. The smallest absolute Gasteiger partial charge is 0.262 e. The SMILES string of the molecule is CCOc1ccc(NC(=O)CCSc2nc3ccccc3c(=O)n2CC)cc1. The van der Waals surface area contributed by atoms with Crippen LogP contribution in [0.4, 0.5) is 5.69 Å². The van der Waals surface area contributed by atoms with Crippen molar-refractivity contribution in [3.63, 3.8) is 0 Å². The molecule has 3 rings (SSSR count). The quantitative estimate of drug-likeness (QED) is 0.460. The van der Waals surface area contributed by atoms with E-state index in [9.17, 15) is 9.59 Å². The zero-order valence-corrected chi connectivity index (χ0v) is 16.8. The van der Waals surface area contributed by atoms with Crippen molar-refractivity contribution in [2.75, 3.05) is 17.7 Å². The Morgan fingerprint density at radius 1 is 1.14 bits per heavy atom. The van der Waals surface area contributed by atoms with E-state index in [1.165, 1.54) is 11.8 Å². The highest BCUT2D eigenvalue weighted by molar-refractivity contribution is 7.99. The van der Waals surface area contributed by atoms with E-state index in [1.807, 2.05) is 56.3 Å². The summed E-state index contributed by atoms with van der Waals surface area (Å²) < 4.78 is 7.04. The number of aromatic nitrogens is 2. The van der Waals surface area contributed by atoms with Crippen molar-refractivity contribution in [1.29, 1.82) is 0 Å². The second-order valence-electron chi connectivity index (χ2n) is 6.06. The molecule has 0 unspecified atom stereocenters. The van der Waals surface area contributed by atoms with E-state index in [0.29, 0.717) is 41.4 Å². The molecule has 0 aliphatic heterocycles. The van der Waals surface area contributed by atoms with E-state index in [4.69, 9.17) is 4.74 Å². The van der Waals surface area contributed by atoms with Gasteiger partial charge in [-0.15, -0.1) is 0 Å². The molecular weight excluding hydrogens is 374 g/mol. The monoisotopic (exact) mass is 397 g/mol. The number of carbonyl (C=O) groups excluding carboxylic acids is 1. The van der Waals surface area contributed by atoms with E-state index in [1.54, 1.807) is 10.6 Å². The molecule has 1 amide bonds. The number of nitrogens with one attached hydrogen (secondary N) is 1. The maximum Gasteiger partial charge on any atom is 0.262 e. The van der Waals surface area contributed by atoms with Gasteiger partial charge in [0.2, 0.25) is 5.91 Å². The summed E-state index contributed by atoms with van der Waals surface area (Å²) in [5.41, 5.74) is 1.36. The Labute approximate surface area is 167 Å². The van der Waals surface area contributed by atoms with Crippen LogP contribution in [0.25, 0.3) is 10.9 Å². The summed E-state index contributed by atoms with van der Waals surface area (Å²) in [6.07, 6.45) is 0.324. The Kier molecular flexibility index (Phi) is 6.71. The van der Waals surface area contributed by atoms with Crippen LogP contribution in [0.1, 0.15) is 20.3 Å². The van der Waals surface area contributed by atoms with Crippen LogP contribution in [-0.4, -0.2) is 27.8 Å². The molecule has 0 saturated carbocycles. The van der Waals surface area contributed by atoms with Gasteiger partial charge in [-0.1, -0.05) is 23.9 Å². The lowest BCUT2D eigenvalue weighted by atomic mass is 10.2. The third-order valence-corrected chi connectivity index (χ3v) is 5.13. The molecule has 1 heterocycles. The van der Waals surface area contributed by atoms with Crippen LogP contribution in [0.15, 0.2) is 58.5 Å². The van der Waals surface area contributed by atoms with E-state index in [0.717, 1.165) is 11.4 Å². The minimum atomic E-state index is -0.0807. The number of hydrogen-bond donors (Lipinski definition) is 1. The van der Waals surface area contributed by atoms with Gasteiger partial charge in [-0.3, -0.25) is 14.2 Å². The van der Waals surface area contributed by atoms with Crippen molar-refractivity contribution in [3.05, 3.63) is 58.9 Å². The Morgan fingerprint density at radius 3 is 2.61 bits per heavy atom. The lowest BCUT2D eigenvalue weighted by Gasteiger charge is -2.11. The van der Waals surface area contributed by atoms with Gasteiger partial charge in [-0.25, -0.2) is 4.98 Å². The van der Waals surface area contributed by atoms with Crippen molar-refractivity contribution >= 4 is 34.3 Å². The average molecular weight is 398 g/mol. The van der Waals surface area contributed by atoms with E-state index in [2.05, 4.69) is 10.3 Å². The first-order chi connectivity index (χ1) is 13.6. The molecule has 1 aromatic heterocycles. The second kappa shape index (κ2) is 9.41. The Morgan fingerprint density at radius 2 is 1.89 bits per heavy atom. The van der Waals surface area contributed by atoms with Crippen LogP contribution in [0.3, 0.4) is 0 Å². The van der Waals surface area contributed by atoms with E-state index >= 15 is 0 Å². The fourth-order valence-electron chi connectivity index (χ4n) is 2.80. The highest BCUT2D eigenvalue weighted by atomic mass is 32.2. The number of thioether (sulfide) groups is 1. The number of fused-ring (bicyclic) bond motifs is 1. The molecule has 0 aliphatic rings. The summed E-state index contributed by atoms with van der Waals surface area (Å²) >= 11 is 1.42. The number of rotatable bonds is 8. The minimum absolute atomic E-state index is 0.0468. The van der Waals surface area contributed by atoms with Crippen LogP contribution in [-0.2, 0) is 11.3 Å². The van der Waals surface area contributed by atoms with Gasteiger partial charge in [-0.2, -0.15) is 0 Å². The normalized spacial score (nSPS) is 10.8. The number of para-hydroxylation sites is 1. The van der Waals surface area contributed by atoms with Crippen LogP contribution >= 0.6 is 11.8 Å². The van der Waals surface area contributed by atoms with Gasteiger partial charge >= 0.3 is 0 Å². The largest absolute Gasteiger partial charge is 0.494 e. The minimum Gasteiger partial charge on any atom is -0.494 e. The molecule has 0 saturated heterocycles. The van der Waals surface area contributed by atoms with Gasteiger partial charge in [-0.05, 0) is 50.2 Å². The van der Waals surface area contributed by atoms with Gasteiger partial charge in [0.05, 0.1) is 17.5 Å². The lowest BCUT2D eigenvalue weighted by Crippen LogP contribution is -2.22. The first kappa shape index (κ1) is 19.9. The summed E-state index contributed by atoms with van der Waals surface area (Å²) in [4.78, 5) is 29.4. The topological polar surface area (TPSA) is 73.2 Å². The molecule has 6 nitrogen and oxygen atoms in total. The predicted octanol–water partition coefficient (Wildman–Crippen LogP) is 3.94. The molecule has 0 aliphatic carbocycles. The summed E-state index contributed by atoms with van der Waals surface area (Å²) in [5, 5.41) is 4.12. The van der Waals surface area contributed by atoms with Crippen LogP contribution < -0.4 is 15.6 Å². The lowest BCUT2D eigenvalue weighted by molar-refractivity contribution is -0.115. The molecular formula is C21H23N3O3S. The second-order valence-corrected chi connectivity index (χ2v) is 7.13. The number of amides is 1. The van der Waals surface area contributed by atoms with Crippen LogP contribution in [0.2, 0.25) is 0 Å². The highest BCUT2D eigenvalue weighted by Crippen LogP contribution is 2.19. The van der Waals surface area contributed by atoms with Gasteiger partial charge in [0, 0.05) is 24.4 Å². The Balaban J connectivity index is 1.61. The molecule has 0 bridgehead atoms. The number of carbonyl (C=O) groups is 1. The van der Waals surface area contributed by atoms with Crippen molar-refractivity contribution < 1.29 is 9.53 Å². The molecule has 0 fully saturated rings. The van der Waals surface area contributed by atoms with Gasteiger partial charge in [0.25, 0.3) is 5.56 Å². The molecule has 7 heteroatoms. The number of nitrogens with zero attached hydrogens (tertiary/aromatic N) is 2. The zero-order chi connectivity index (χ0) is 19.9. The van der Waals surface area contributed by atoms with Crippen molar-refractivity contribution in [3.8, 4) is 5.75 Å². The number of ether oxygens (including phenoxy) is 1. The number of benzene rings is 2. The fourth-order valence-corrected chi connectivity index (χ4v) is 3.80. The van der Waals surface area contributed by atoms with E-state index < -0.39 is 0 Å². The van der Waals surface area contributed by atoms with Crippen molar-refractivity contribution in [2.45, 2.75) is 32.0 Å². The number of anilines is 1.